The summed E-state index contributed by atoms with van der Waals surface area (Å²) in [6, 6.07) is 30.8. The van der Waals surface area contributed by atoms with Crippen LogP contribution in [0.15, 0.2) is 103 Å². The van der Waals surface area contributed by atoms with Crippen molar-refractivity contribution in [3.8, 4) is 5.75 Å². The zero-order valence-electron chi connectivity index (χ0n) is 20.2. The highest BCUT2D eigenvalue weighted by Crippen LogP contribution is 2.28. The molecular weight excluding hydrogens is 708 g/mol. The summed E-state index contributed by atoms with van der Waals surface area (Å²) in [5, 5.41) is 14.6. The van der Waals surface area contributed by atoms with Crippen LogP contribution in [-0.4, -0.2) is 23.1 Å². The highest BCUT2D eigenvalue weighted by atomic mass is 127. The Labute approximate surface area is 248 Å². The lowest BCUT2D eigenvalue weighted by molar-refractivity contribution is -0.123. The summed E-state index contributed by atoms with van der Waals surface area (Å²) in [4.78, 5) is 26.4. The molecule has 0 spiro atoms. The van der Waals surface area contributed by atoms with Crippen LogP contribution in [0, 0.1) is 7.14 Å². The first-order valence-corrected chi connectivity index (χ1v) is 13.9. The highest BCUT2D eigenvalue weighted by Gasteiger charge is 2.25. The number of aromatic hydroxyl groups is 1. The van der Waals surface area contributed by atoms with Crippen molar-refractivity contribution >= 4 is 68.6 Å². The molecule has 0 unspecified atom stereocenters. The fraction of sp³-hybridized carbons (Fsp3) is 0.103. The number of nitrogens with one attached hydrogen (secondary N) is 2. The number of phenols is 1. The van der Waals surface area contributed by atoms with Gasteiger partial charge >= 0.3 is 6.09 Å². The summed E-state index contributed by atoms with van der Waals surface area (Å²) in [6.07, 6.45) is -0.515. The average Bonchev–Trinajstić information content (AvgIpc) is 2.94. The quantitative estimate of drug-likeness (QED) is 0.139. The Kier molecular flexibility index (Phi) is 9.82. The number of amides is 2. The van der Waals surface area contributed by atoms with E-state index in [1.165, 1.54) is 0 Å². The summed E-state index contributed by atoms with van der Waals surface area (Å²) in [7, 11) is 0. The molecule has 4 rings (SSSR count). The van der Waals surface area contributed by atoms with Crippen molar-refractivity contribution in [3.63, 3.8) is 0 Å². The van der Waals surface area contributed by atoms with Crippen molar-refractivity contribution in [2.24, 2.45) is 0 Å². The van der Waals surface area contributed by atoms with Crippen LogP contribution in [0.5, 0.6) is 5.75 Å². The lowest BCUT2D eigenvalue weighted by Crippen LogP contribution is -2.52. The molecule has 7 nitrogen and oxygen atoms in total. The molecule has 0 aromatic heterocycles. The van der Waals surface area contributed by atoms with E-state index in [0.717, 1.165) is 22.5 Å². The van der Waals surface area contributed by atoms with Gasteiger partial charge < -0.3 is 15.2 Å². The van der Waals surface area contributed by atoms with Crippen LogP contribution in [0.4, 0.5) is 16.2 Å². The molecule has 1 atom stereocenters. The average molecular weight is 733 g/mol. The molecule has 0 aliphatic carbocycles. The summed E-state index contributed by atoms with van der Waals surface area (Å²) >= 11 is 4.09. The number of alkyl carbamates (subject to hydrolysis) is 1. The second-order valence-corrected chi connectivity index (χ2v) is 10.7. The standard InChI is InChI=1S/C29H25I2N3O4/c30-24-16-21(17-25(31)27(24)35)18-26(32-29(37)38-19-20-10-4-1-5-11-20)28(36)33-34(22-12-6-2-7-13-22)23-14-8-3-9-15-23/h1-17,26,35H,18-19H2,(H,32,37)(H,33,36)/t26-/m0/s1. The van der Waals surface area contributed by atoms with E-state index in [2.05, 4.69) is 10.7 Å². The Hall–Kier alpha value is -3.32. The number of nitrogens with zero attached hydrogens (tertiary/aromatic N) is 1. The third-order valence-electron chi connectivity index (χ3n) is 5.59. The van der Waals surface area contributed by atoms with Gasteiger partial charge in [-0.1, -0.05) is 66.7 Å². The van der Waals surface area contributed by atoms with E-state index in [9.17, 15) is 14.7 Å². The van der Waals surface area contributed by atoms with Gasteiger partial charge in [0.2, 0.25) is 0 Å². The zero-order chi connectivity index (χ0) is 26.9. The predicted octanol–water partition coefficient (Wildman–Crippen LogP) is 6.31. The summed E-state index contributed by atoms with van der Waals surface area (Å²) in [5.74, 6) is -0.238. The first-order valence-electron chi connectivity index (χ1n) is 11.8. The Balaban J connectivity index is 1.57. The fourth-order valence-corrected chi connectivity index (χ4v) is 5.61. The van der Waals surface area contributed by atoms with Crippen LogP contribution in [0.25, 0.3) is 0 Å². The molecule has 0 radical (unpaired) electrons. The predicted molar refractivity (Wildman–Crippen MR) is 164 cm³/mol. The van der Waals surface area contributed by atoms with E-state index in [-0.39, 0.29) is 18.8 Å². The van der Waals surface area contributed by atoms with E-state index in [1.807, 2.05) is 136 Å². The Morgan fingerprint density at radius 3 is 1.82 bits per heavy atom. The van der Waals surface area contributed by atoms with Crippen LogP contribution in [-0.2, 0) is 22.6 Å². The van der Waals surface area contributed by atoms with Crippen molar-refractivity contribution in [2.45, 2.75) is 19.1 Å². The molecule has 0 heterocycles. The molecule has 0 saturated heterocycles. The molecule has 38 heavy (non-hydrogen) atoms. The van der Waals surface area contributed by atoms with Crippen molar-refractivity contribution in [3.05, 3.63) is 121 Å². The number of hydrazine groups is 1. The number of rotatable bonds is 9. The third kappa shape index (κ3) is 7.60. The molecule has 9 heteroatoms. The minimum atomic E-state index is -0.954. The van der Waals surface area contributed by atoms with E-state index in [4.69, 9.17) is 4.74 Å². The normalized spacial score (nSPS) is 11.3. The second kappa shape index (κ2) is 13.5. The lowest BCUT2D eigenvalue weighted by Gasteiger charge is -2.28. The Morgan fingerprint density at radius 2 is 1.29 bits per heavy atom. The van der Waals surface area contributed by atoms with Crippen LogP contribution >= 0.6 is 45.2 Å². The molecule has 0 fully saturated rings. The van der Waals surface area contributed by atoms with Crippen LogP contribution in [0.2, 0.25) is 0 Å². The van der Waals surface area contributed by atoms with Gasteiger partial charge in [-0.3, -0.25) is 15.2 Å². The number of benzene rings is 4. The van der Waals surface area contributed by atoms with Gasteiger partial charge in [0.25, 0.3) is 5.91 Å². The van der Waals surface area contributed by atoms with Gasteiger partial charge in [0, 0.05) is 6.42 Å². The minimum Gasteiger partial charge on any atom is -0.506 e. The number of phenolic OH excluding ortho intramolecular Hbond substituents is 1. The molecule has 4 aromatic rings. The van der Waals surface area contributed by atoms with Gasteiger partial charge in [-0.05, 0) is 92.7 Å². The minimum absolute atomic E-state index is 0.0795. The molecule has 194 valence electrons. The van der Waals surface area contributed by atoms with E-state index < -0.39 is 18.0 Å². The monoisotopic (exact) mass is 733 g/mol. The van der Waals surface area contributed by atoms with Gasteiger partial charge in [0.05, 0.1) is 18.5 Å². The van der Waals surface area contributed by atoms with E-state index >= 15 is 0 Å². The SMILES string of the molecule is O=C(N[C@@H](Cc1cc(I)c(O)c(I)c1)C(=O)NN(c1ccccc1)c1ccccc1)OCc1ccccc1. The topological polar surface area (TPSA) is 90.9 Å². The number of hydrogen-bond donors (Lipinski definition) is 3. The number of ether oxygens (including phenoxy) is 1. The highest BCUT2D eigenvalue weighted by molar-refractivity contribution is 14.1. The summed E-state index contributed by atoms with van der Waals surface area (Å²) in [6.45, 7) is 0.0795. The maximum absolute atomic E-state index is 13.7. The summed E-state index contributed by atoms with van der Waals surface area (Å²) < 4.78 is 6.72. The molecule has 3 N–H and O–H groups in total. The number of para-hydroxylation sites is 2. The first kappa shape index (κ1) is 27.7. The van der Waals surface area contributed by atoms with Crippen molar-refractivity contribution < 1.29 is 19.4 Å². The van der Waals surface area contributed by atoms with Crippen molar-refractivity contribution in [2.75, 3.05) is 5.01 Å². The maximum Gasteiger partial charge on any atom is 0.408 e. The van der Waals surface area contributed by atoms with Gasteiger partial charge in [-0.15, -0.1) is 0 Å². The second-order valence-electron chi connectivity index (χ2n) is 8.35. The molecular formula is C29H25I2N3O4. The fourth-order valence-electron chi connectivity index (χ4n) is 3.71. The number of halogens is 2. The van der Waals surface area contributed by atoms with Crippen LogP contribution < -0.4 is 15.8 Å². The number of carbonyl (C=O) groups excluding carboxylic acids is 2. The van der Waals surface area contributed by atoms with Crippen LogP contribution in [0.3, 0.4) is 0 Å². The lowest BCUT2D eigenvalue weighted by atomic mass is 10.1. The van der Waals surface area contributed by atoms with Crippen molar-refractivity contribution in [1.29, 1.82) is 0 Å². The Morgan fingerprint density at radius 1 is 0.789 bits per heavy atom. The molecule has 2 amide bonds. The molecule has 0 aliphatic heterocycles. The number of anilines is 2. The Bertz CT molecular complexity index is 1310. The first-order chi connectivity index (χ1) is 18.4. The summed E-state index contributed by atoms with van der Waals surface area (Å²) in [5.41, 5.74) is 6.09. The molecule has 0 saturated carbocycles. The van der Waals surface area contributed by atoms with Crippen molar-refractivity contribution in [1.82, 2.24) is 10.7 Å². The van der Waals surface area contributed by atoms with Crippen LogP contribution in [0.1, 0.15) is 11.1 Å². The number of hydrogen-bond acceptors (Lipinski definition) is 5. The molecule has 4 aromatic carbocycles. The van der Waals surface area contributed by atoms with Gasteiger partial charge in [0.15, 0.2) is 0 Å². The van der Waals surface area contributed by atoms with E-state index in [1.54, 1.807) is 17.1 Å². The van der Waals surface area contributed by atoms with Gasteiger partial charge in [-0.2, -0.15) is 0 Å². The molecule has 0 aliphatic rings. The third-order valence-corrected chi connectivity index (χ3v) is 7.23. The largest absolute Gasteiger partial charge is 0.506 e. The van der Waals surface area contributed by atoms with Gasteiger partial charge in [0.1, 0.15) is 18.4 Å². The van der Waals surface area contributed by atoms with E-state index in [0.29, 0.717) is 7.14 Å². The smallest absolute Gasteiger partial charge is 0.408 e. The molecule has 0 bridgehead atoms. The number of carbonyl (C=O) groups is 2. The zero-order valence-corrected chi connectivity index (χ0v) is 24.5. The van der Waals surface area contributed by atoms with Gasteiger partial charge in [-0.25, -0.2) is 4.79 Å². The maximum atomic E-state index is 13.7.